The van der Waals surface area contributed by atoms with E-state index in [0.29, 0.717) is 18.6 Å². The summed E-state index contributed by atoms with van der Waals surface area (Å²) in [5.41, 5.74) is 25.1. The summed E-state index contributed by atoms with van der Waals surface area (Å²) in [6.07, 6.45) is 5.18. The van der Waals surface area contributed by atoms with Gasteiger partial charge in [-0.15, -0.1) is 0 Å². The monoisotopic (exact) mass is 764 g/mol. The van der Waals surface area contributed by atoms with E-state index >= 15 is 0 Å². The Morgan fingerprint density at radius 1 is 0.833 bits per heavy atom. The number of nitrogens with one attached hydrogen (secondary N) is 4. The fourth-order valence-corrected chi connectivity index (χ4v) is 6.53. The summed E-state index contributed by atoms with van der Waals surface area (Å²) < 4.78 is 0. The molecule has 16 heteroatoms. The number of primary amides is 1. The van der Waals surface area contributed by atoms with Crippen molar-refractivity contribution < 1.29 is 24.0 Å². The molecule has 3 aromatic rings. The van der Waals surface area contributed by atoms with Crippen LogP contribution in [0.3, 0.4) is 0 Å². The maximum absolute atomic E-state index is 14.6. The molecular weight excluding hydrogens is 709 g/mol. The molecule has 0 aliphatic heterocycles. The molecule has 0 unspecified atom stereocenters. The van der Waals surface area contributed by atoms with E-state index in [9.17, 15) is 24.0 Å². The van der Waals surface area contributed by atoms with Crippen molar-refractivity contribution in [3.05, 3.63) is 71.9 Å². The lowest BCUT2D eigenvalue weighted by Crippen LogP contribution is -2.60. The van der Waals surface area contributed by atoms with E-state index < -0.39 is 59.7 Å². The highest BCUT2D eigenvalue weighted by Crippen LogP contribution is 2.21. The second-order valence-corrected chi connectivity index (χ2v) is 14.8. The quantitative estimate of drug-likeness (QED) is 0.0410. The van der Waals surface area contributed by atoms with E-state index in [1.54, 1.807) is 6.20 Å². The average Bonchev–Trinajstić information content (AvgIpc) is 3.55. The first-order valence-corrected chi connectivity index (χ1v) is 19.5. The number of carbonyl (C=O) groups excluding carboxylic acids is 5. The Kier molecular flexibility index (Phi) is 17.3. The van der Waals surface area contributed by atoms with Crippen molar-refractivity contribution in [2.75, 3.05) is 25.6 Å². The number of likely N-dealkylation sites (N-methyl/N-ethyl adjacent to an activating group) is 1. The van der Waals surface area contributed by atoms with Gasteiger partial charge in [-0.2, -0.15) is 11.8 Å². The van der Waals surface area contributed by atoms with Gasteiger partial charge in [0.25, 0.3) is 0 Å². The lowest BCUT2D eigenvalue weighted by Gasteiger charge is -2.33. The highest BCUT2D eigenvalue weighted by molar-refractivity contribution is 7.98. The number of fused-ring (bicyclic) bond motifs is 1. The van der Waals surface area contributed by atoms with Crippen LogP contribution in [0.4, 0.5) is 0 Å². The Labute approximate surface area is 321 Å². The number of H-pyrrole nitrogens is 1. The zero-order chi connectivity index (χ0) is 39.8. The molecule has 0 fully saturated rings. The molecule has 1 aromatic heterocycles. The predicted molar refractivity (Wildman–Crippen MR) is 214 cm³/mol. The predicted octanol–water partition coefficient (Wildman–Crippen LogP) is 0.900. The fraction of sp³-hybridized carbons (Fsp3) is 0.474. The number of aromatic nitrogens is 1. The Bertz CT molecular complexity index is 1730. The number of aromatic amines is 1. The Hall–Kier alpha value is -5.09. The summed E-state index contributed by atoms with van der Waals surface area (Å²) >= 11 is 1.51. The average molecular weight is 765 g/mol. The number of hydrogen-bond acceptors (Lipinski definition) is 8. The maximum Gasteiger partial charge on any atom is 0.245 e. The largest absolute Gasteiger partial charge is 0.370 e. The lowest BCUT2D eigenvalue weighted by atomic mass is 9.98. The standard InChI is InChI=1S/C38H56N10O5S/c1-23(2)19-30(35(51)45-29(33(40)49)16-18-54-4)46-36(52)32(20-24-11-6-5-7-12-24)48(3)37(53)31(21-25-22-44-28-15-9-8-13-26(25)28)47-34(50)27(39)14-10-17-43-38(41)42/h5-9,11-13,15,22-23,27,29-32,44H,10,14,16-21,39H2,1-4H3,(H2,40,49)(H,45,51)(H,46,52)(H,47,50)(H4,41,42,43)/t27-,29-,30-,31+,32-/m0/s1. The van der Waals surface area contributed by atoms with Crippen molar-refractivity contribution >= 4 is 58.2 Å². The zero-order valence-corrected chi connectivity index (χ0v) is 32.4. The summed E-state index contributed by atoms with van der Waals surface area (Å²) in [6.45, 7) is 4.11. The van der Waals surface area contributed by atoms with Crippen LogP contribution in [0.1, 0.15) is 50.7 Å². The van der Waals surface area contributed by atoms with Gasteiger partial charge in [0, 0.05) is 43.5 Å². The number of benzene rings is 2. The van der Waals surface area contributed by atoms with Crippen LogP contribution in [0, 0.1) is 5.92 Å². The number of rotatable bonds is 22. The lowest BCUT2D eigenvalue weighted by molar-refractivity contribution is -0.142. The molecule has 3 rings (SSSR count). The minimum Gasteiger partial charge on any atom is -0.370 e. The topological polar surface area (TPSA) is 257 Å². The van der Waals surface area contributed by atoms with Crippen molar-refractivity contribution in [2.45, 2.75) is 82.6 Å². The van der Waals surface area contributed by atoms with Crippen molar-refractivity contribution in [1.82, 2.24) is 25.8 Å². The van der Waals surface area contributed by atoms with Crippen LogP contribution in [-0.4, -0.2) is 101 Å². The molecule has 0 saturated heterocycles. The molecular formula is C38H56N10O5S. The molecule has 15 nitrogen and oxygen atoms in total. The van der Waals surface area contributed by atoms with Gasteiger partial charge in [-0.05, 0) is 60.8 Å². The van der Waals surface area contributed by atoms with Crippen LogP contribution in [0.2, 0.25) is 0 Å². The normalized spacial score (nSPS) is 14.0. The molecule has 0 bridgehead atoms. The molecule has 5 atom stereocenters. The SMILES string of the molecule is CSCC[C@H](NC(=O)[C@H](CC(C)C)NC(=O)[C@H](Cc1ccccc1)N(C)C(=O)[C@@H](Cc1c[nH]c2ccccc12)NC(=O)[C@@H](N)CCCN=C(N)N)C(N)=O. The first-order chi connectivity index (χ1) is 25.7. The Balaban J connectivity index is 1.94. The molecule has 0 radical (unpaired) electrons. The van der Waals surface area contributed by atoms with Crippen LogP contribution < -0.4 is 38.9 Å². The minimum atomic E-state index is -1.11. The van der Waals surface area contributed by atoms with Gasteiger partial charge in [0.05, 0.1) is 6.04 Å². The number of para-hydroxylation sites is 1. The number of thioether (sulfide) groups is 1. The van der Waals surface area contributed by atoms with Crippen molar-refractivity contribution in [3.8, 4) is 0 Å². The molecule has 0 spiro atoms. The van der Waals surface area contributed by atoms with Crippen LogP contribution in [0.5, 0.6) is 0 Å². The molecule has 0 aliphatic carbocycles. The maximum atomic E-state index is 14.6. The first-order valence-electron chi connectivity index (χ1n) is 18.1. The Morgan fingerprint density at radius 2 is 1.48 bits per heavy atom. The molecule has 1 heterocycles. The van der Waals surface area contributed by atoms with Crippen LogP contribution in [-0.2, 0) is 36.8 Å². The highest BCUT2D eigenvalue weighted by Gasteiger charge is 2.36. The molecule has 0 aliphatic rings. The fourth-order valence-electron chi connectivity index (χ4n) is 6.06. The summed E-state index contributed by atoms with van der Waals surface area (Å²) in [5.74, 6) is -2.35. The minimum absolute atomic E-state index is 0.00866. The number of hydrogen-bond donors (Lipinski definition) is 8. The molecule has 5 amide bonds. The number of aliphatic imine (C=N–C) groups is 1. The molecule has 12 N–H and O–H groups in total. The van der Waals surface area contributed by atoms with Crippen LogP contribution in [0.15, 0.2) is 65.8 Å². The number of nitrogens with zero attached hydrogens (tertiary/aromatic N) is 2. The second kappa shape index (κ2) is 21.6. The number of carbonyl (C=O) groups is 5. The smallest absolute Gasteiger partial charge is 0.245 e. The number of amides is 5. The van der Waals surface area contributed by atoms with Gasteiger partial charge >= 0.3 is 0 Å². The number of guanidine groups is 1. The van der Waals surface area contributed by atoms with Gasteiger partial charge in [0.15, 0.2) is 5.96 Å². The van der Waals surface area contributed by atoms with E-state index in [0.717, 1.165) is 22.0 Å². The van der Waals surface area contributed by atoms with Crippen LogP contribution >= 0.6 is 11.8 Å². The van der Waals surface area contributed by atoms with Crippen molar-refractivity contribution in [3.63, 3.8) is 0 Å². The summed E-state index contributed by atoms with van der Waals surface area (Å²) in [4.78, 5) is 76.5. The molecule has 2 aromatic carbocycles. The van der Waals surface area contributed by atoms with Gasteiger partial charge in [-0.3, -0.25) is 29.0 Å². The van der Waals surface area contributed by atoms with Crippen molar-refractivity contribution in [1.29, 1.82) is 0 Å². The summed E-state index contributed by atoms with van der Waals surface area (Å²) in [6, 6.07) is 11.7. The molecule has 294 valence electrons. The summed E-state index contributed by atoms with van der Waals surface area (Å²) in [7, 11) is 1.50. The van der Waals surface area contributed by atoms with Gasteiger partial charge < -0.3 is 48.8 Å². The third-order valence-electron chi connectivity index (χ3n) is 9.02. The van der Waals surface area contributed by atoms with Crippen LogP contribution in [0.25, 0.3) is 10.9 Å². The van der Waals surface area contributed by atoms with Gasteiger partial charge in [-0.25, -0.2) is 0 Å². The van der Waals surface area contributed by atoms with E-state index in [-0.39, 0.29) is 44.1 Å². The number of nitrogens with two attached hydrogens (primary N) is 4. The van der Waals surface area contributed by atoms with E-state index in [1.807, 2.05) is 74.7 Å². The van der Waals surface area contributed by atoms with Gasteiger partial charge in [0.2, 0.25) is 29.5 Å². The zero-order valence-electron chi connectivity index (χ0n) is 31.5. The molecule has 0 saturated carbocycles. The van der Waals surface area contributed by atoms with E-state index in [1.165, 1.54) is 23.7 Å². The van der Waals surface area contributed by atoms with Crippen molar-refractivity contribution in [2.24, 2.45) is 33.8 Å². The highest BCUT2D eigenvalue weighted by atomic mass is 32.2. The summed E-state index contributed by atoms with van der Waals surface area (Å²) in [5, 5.41) is 9.30. The third-order valence-corrected chi connectivity index (χ3v) is 9.66. The first kappa shape index (κ1) is 43.3. The third kappa shape index (κ3) is 13.4. The molecule has 54 heavy (non-hydrogen) atoms. The van der Waals surface area contributed by atoms with E-state index in [2.05, 4.69) is 25.9 Å². The van der Waals surface area contributed by atoms with Gasteiger partial charge in [0.1, 0.15) is 24.2 Å². The second-order valence-electron chi connectivity index (χ2n) is 13.8. The van der Waals surface area contributed by atoms with Gasteiger partial charge in [-0.1, -0.05) is 62.4 Å². The van der Waals surface area contributed by atoms with E-state index in [4.69, 9.17) is 22.9 Å². The Morgan fingerprint density at radius 3 is 2.13 bits per heavy atom.